The lowest BCUT2D eigenvalue weighted by atomic mass is 9.33. The maximum atomic E-state index is 14.8. The van der Waals surface area contributed by atoms with Crippen LogP contribution in [0.15, 0.2) is 11.6 Å². The molecule has 59 heavy (non-hydrogen) atoms. The minimum absolute atomic E-state index is 0. The number of ether oxygens (including phenoxy) is 4. The molecule has 2 saturated heterocycles. The van der Waals surface area contributed by atoms with Gasteiger partial charge in [0.2, 0.25) is 0 Å². The summed E-state index contributed by atoms with van der Waals surface area (Å²) in [4.78, 5) is 51.3. The maximum absolute atomic E-state index is 14.8. The number of hydrogen-bond donors (Lipinski definition) is 9. The molecule has 7 rings (SSSR count). The molecule has 11 N–H and O–H groups in total. The van der Waals surface area contributed by atoms with Crippen LogP contribution in [-0.4, -0.2) is 132 Å². The van der Waals surface area contributed by atoms with Crippen molar-refractivity contribution in [2.45, 2.75) is 174 Å². The minimum atomic E-state index is -2.05. The molecule has 2 heterocycles. The molecule has 0 bridgehead atoms. The number of carboxylic acids is 3. The van der Waals surface area contributed by atoms with E-state index >= 15 is 0 Å². The predicted molar refractivity (Wildman–Crippen MR) is 204 cm³/mol. The zero-order valence-corrected chi connectivity index (χ0v) is 35.1. The molecule has 17 heteroatoms. The van der Waals surface area contributed by atoms with E-state index in [2.05, 4.69) is 27.7 Å². The van der Waals surface area contributed by atoms with Crippen LogP contribution >= 0.6 is 0 Å². The summed E-state index contributed by atoms with van der Waals surface area (Å²) in [6.07, 6.45) is -12.2. The highest BCUT2D eigenvalue weighted by atomic mass is 16.8. The van der Waals surface area contributed by atoms with E-state index in [0.717, 1.165) is 37.7 Å². The van der Waals surface area contributed by atoms with E-state index in [1.807, 2.05) is 26.8 Å². The third-order valence-corrected chi connectivity index (χ3v) is 17.2. The fraction of sp³-hybridized carbons (Fsp3) is 0.857. The molecule has 0 aromatic heterocycles. The second-order valence-electron chi connectivity index (χ2n) is 20.6. The molecule has 0 aromatic rings. The number of fused-ring (bicyclic) bond motifs is 7. The number of carboxylic acid groups (broad SMARTS) is 3. The van der Waals surface area contributed by atoms with Gasteiger partial charge in [0.05, 0.1) is 11.5 Å². The molecule has 0 amide bonds. The Morgan fingerprint density at radius 3 is 1.86 bits per heavy atom. The van der Waals surface area contributed by atoms with E-state index < -0.39 is 107 Å². The normalized spacial score (nSPS) is 51.7. The van der Waals surface area contributed by atoms with Gasteiger partial charge >= 0.3 is 17.9 Å². The number of ketones is 1. The highest BCUT2D eigenvalue weighted by molar-refractivity contribution is 5.95. The van der Waals surface area contributed by atoms with Crippen LogP contribution in [-0.2, 0) is 38.1 Å². The molecule has 17 nitrogen and oxygen atoms in total. The van der Waals surface area contributed by atoms with Gasteiger partial charge in [-0.25, -0.2) is 9.59 Å². The Labute approximate surface area is 344 Å². The maximum Gasteiger partial charge on any atom is 0.335 e. The van der Waals surface area contributed by atoms with Crippen LogP contribution in [0.3, 0.4) is 0 Å². The van der Waals surface area contributed by atoms with E-state index in [9.17, 15) is 60.0 Å². The summed E-state index contributed by atoms with van der Waals surface area (Å²) in [7, 11) is 0. The molecule has 19 atom stereocenters. The van der Waals surface area contributed by atoms with Gasteiger partial charge in [-0.1, -0.05) is 47.1 Å². The Kier molecular flexibility index (Phi) is 11.7. The van der Waals surface area contributed by atoms with Crippen molar-refractivity contribution >= 4 is 23.7 Å². The molecule has 7 aliphatic rings. The van der Waals surface area contributed by atoms with E-state index in [0.29, 0.717) is 25.7 Å². The van der Waals surface area contributed by atoms with Gasteiger partial charge in [0.1, 0.15) is 36.6 Å². The van der Waals surface area contributed by atoms with Crippen molar-refractivity contribution < 1.29 is 79.0 Å². The van der Waals surface area contributed by atoms with Crippen LogP contribution in [0.25, 0.3) is 0 Å². The fourth-order valence-corrected chi connectivity index (χ4v) is 13.4. The van der Waals surface area contributed by atoms with Gasteiger partial charge in [-0.15, -0.1) is 0 Å². The molecule has 4 saturated carbocycles. The average Bonchev–Trinajstić information content (AvgIpc) is 3.13. The molecule has 0 unspecified atom stereocenters. The first-order valence-electron chi connectivity index (χ1n) is 20.7. The van der Waals surface area contributed by atoms with Gasteiger partial charge in [-0.2, -0.15) is 0 Å². The Bertz CT molecular complexity index is 1740. The van der Waals surface area contributed by atoms with Crippen molar-refractivity contribution in [3.63, 3.8) is 0 Å². The standard InChI is InChI=1S/C42H62O16.H3N/c1-37(2)21-8-11-42(7)31(20(43)16-18-19-17-39(4,36(53)54)13-12-38(19,3)14-15-41(18,42)6)40(21,5)10-9-22(37)55-35-30(26(47)25(46)29(57-35)33(51)52)58-34-27(48)23(44)24(45)28(56-34)32(49)50;/h16,19,21-31,34-35,44-48H,8-15,17H2,1-7H3,(H,49,50)(H,51,52)(H,53,54);1H3/t19-,21-,22+,23-,24-,25-,26-,27+,28-,29-,30+,31+,34-,35-,38+,39-,40-,41+,42+;/m0./s1. The van der Waals surface area contributed by atoms with Crippen LogP contribution in [0, 0.1) is 50.2 Å². The predicted octanol–water partition coefficient (Wildman–Crippen LogP) is 2.41. The van der Waals surface area contributed by atoms with Gasteiger partial charge in [0.25, 0.3) is 0 Å². The second kappa shape index (κ2) is 15.1. The van der Waals surface area contributed by atoms with Crippen LogP contribution < -0.4 is 6.15 Å². The van der Waals surface area contributed by atoms with Crippen LogP contribution in [0.1, 0.15) is 106 Å². The van der Waals surface area contributed by atoms with Crippen molar-refractivity contribution in [2.24, 2.45) is 50.2 Å². The first-order valence-corrected chi connectivity index (χ1v) is 20.7. The van der Waals surface area contributed by atoms with E-state index in [1.165, 1.54) is 0 Å². The third kappa shape index (κ3) is 6.72. The minimum Gasteiger partial charge on any atom is -0.481 e. The molecule has 334 valence electrons. The Balaban J connectivity index is 0.00000585. The largest absolute Gasteiger partial charge is 0.481 e. The lowest BCUT2D eigenvalue weighted by Crippen LogP contribution is -2.68. The quantitative estimate of drug-likeness (QED) is 0.166. The summed E-state index contributed by atoms with van der Waals surface area (Å²) in [5, 5.41) is 83.0. The van der Waals surface area contributed by atoms with Crippen molar-refractivity contribution in [1.29, 1.82) is 0 Å². The van der Waals surface area contributed by atoms with Gasteiger partial charge < -0.3 is 66.0 Å². The Hall–Kier alpha value is -2.58. The smallest absolute Gasteiger partial charge is 0.335 e. The summed E-state index contributed by atoms with van der Waals surface area (Å²) in [5.74, 6) is -4.47. The highest BCUT2D eigenvalue weighted by Gasteiger charge is 2.71. The average molecular weight is 840 g/mol. The third-order valence-electron chi connectivity index (χ3n) is 17.2. The number of allylic oxidation sites excluding steroid dienone is 2. The SMILES string of the molecule is CC1(C)[C@H](O[C@H]2O[C@H](C(=O)O)[C@@H](O)[C@H](O)[C@H]2O[C@@H]2O[C@H](C(=O)O)[C@@H](O)[C@H](O)[C@H]2O)CC[C@]2(C)[C@H]3C(=O)C=C4[C@@H]5C[C@@](C)(C(=O)O)CC[C@]5(C)CC[C@@]4(C)[C@]3(C)CC[C@@H]12.N. The number of aliphatic hydroxyl groups excluding tert-OH is 5. The van der Waals surface area contributed by atoms with Crippen LogP contribution in [0.5, 0.6) is 0 Å². The molecule has 0 spiro atoms. The van der Waals surface area contributed by atoms with E-state index in [1.54, 1.807) is 0 Å². The lowest BCUT2D eigenvalue weighted by Gasteiger charge is -2.70. The summed E-state index contributed by atoms with van der Waals surface area (Å²) >= 11 is 0. The van der Waals surface area contributed by atoms with Gasteiger partial charge in [-0.05, 0) is 110 Å². The first-order chi connectivity index (χ1) is 26.8. The number of hydrogen-bond acceptors (Lipinski definition) is 14. The number of carbonyl (C=O) groups excluding carboxylic acids is 1. The molecular weight excluding hydrogens is 774 g/mol. The number of rotatable bonds is 7. The zero-order chi connectivity index (χ0) is 42.9. The van der Waals surface area contributed by atoms with Crippen molar-refractivity contribution in [3.8, 4) is 0 Å². The number of aliphatic carboxylic acids is 3. The summed E-state index contributed by atoms with van der Waals surface area (Å²) in [5.41, 5.74) is -1.81. The second-order valence-corrected chi connectivity index (χ2v) is 20.6. The van der Waals surface area contributed by atoms with E-state index in [-0.39, 0.29) is 40.5 Å². The van der Waals surface area contributed by atoms with Gasteiger partial charge in [0, 0.05) is 5.92 Å². The number of aliphatic hydroxyl groups is 5. The summed E-state index contributed by atoms with van der Waals surface area (Å²) in [6, 6.07) is 0. The Morgan fingerprint density at radius 1 is 0.695 bits per heavy atom. The topological polar surface area (TPSA) is 302 Å². The van der Waals surface area contributed by atoms with E-state index in [4.69, 9.17) is 18.9 Å². The summed E-state index contributed by atoms with van der Waals surface area (Å²) < 4.78 is 23.4. The van der Waals surface area contributed by atoms with Crippen LogP contribution in [0.2, 0.25) is 0 Å². The fourth-order valence-electron chi connectivity index (χ4n) is 13.4. The number of carbonyl (C=O) groups is 4. The lowest BCUT2D eigenvalue weighted by molar-refractivity contribution is -0.371. The van der Waals surface area contributed by atoms with Crippen molar-refractivity contribution in [2.75, 3.05) is 0 Å². The zero-order valence-electron chi connectivity index (χ0n) is 35.1. The van der Waals surface area contributed by atoms with Gasteiger partial charge in [-0.3, -0.25) is 9.59 Å². The molecule has 5 aliphatic carbocycles. The van der Waals surface area contributed by atoms with Gasteiger partial charge in [0.15, 0.2) is 30.6 Å². The van der Waals surface area contributed by atoms with Crippen molar-refractivity contribution in [1.82, 2.24) is 6.15 Å². The molecule has 6 fully saturated rings. The van der Waals surface area contributed by atoms with Crippen LogP contribution in [0.4, 0.5) is 0 Å². The molecule has 2 aliphatic heterocycles. The summed E-state index contributed by atoms with van der Waals surface area (Å²) in [6.45, 7) is 14.8. The Morgan fingerprint density at radius 2 is 1.27 bits per heavy atom. The van der Waals surface area contributed by atoms with Crippen molar-refractivity contribution in [3.05, 3.63) is 11.6 Å². The molecule has 0 aromatic carbocycles. The first kappa shape index (κ1) is 45.9. The highest BCUT2D eigenvalue weighted by Crippen LogP contribution is 2.75. The molecular formula is C42H65NO16. The molecule has 0 radical (unpaired) electrons. The monoisotopic (exact) mass is 839 g/mol.